The third-order valence-electron chi connectivity index (χ3n) is 5.35. The van der Waals surface area contributed by atoms with Crippen molar-refractivity contribution in [1.29, 1.82) is 0 Å². The molecule has 0 saturated heterocycles. The number of terminal acetylenes is 1. The molecule has 2 heteroatoms. The van der Waals surface area contributed by atoms with E-state index in [1.807, 2.05) is 50.2 Å². The highest BCUT2D eigenvalue weighted by molar-refractivity contribution is 9.10. The number of hydrogen-bond acceptors (Lipinski definition) is 1. The number of nitrogens with zero attached hydrogens (tertiary/aromatic N) is 1. The smallest absolute Gasteiger partial charge is 0.0629 e. The molecule has 0 saturated carbocycles. The highest BCUT2D eigenvalue weighted by Crippen LogP contribution is 2.28. The summed E-state index contributed by atoms with van der Waals surface area (Å²) in [4.78, 5) is 4.27. The number of rotatable bonds is 4. The van der Waals surface area contributed by atoms with E-state index in [1.165, 1.54) is 27.8 Å². The topological polar surface area (TPSA) is 12.4 Å². The molecule has 0 aliphatic heterocycles. The molecule has 0 radical (unpaired) electrons. The van der Waals surface area contributed by atoms with Crippen LogP contribution in [0.4, 0.5) is 0 Å². The maximum absolute atomic E-state index is 4.27. The first-order chi connectivity index (χ1) is 17.8. The predicted molar refractivity (Wildman–Crippen MR) is 169 cm³/mol. The van der Waals surface area contributed by atoms with Crippen LogP contribution in [0.25, 0.3) is 16.8 Å². The van der Waals surface area contributed by atoms with E-state index in [2.05, 4.69) is 128 Å². The van der Waals surface area contributed by atoms with Gasteiger partial charge >= 0.3 is 0 Å². The molecule has 4 aromatic rings. The van der Waals surface area contributed by atoms with Crippen molar-refractivity contribution >= 4 is 27.3 Å². The van der Waals surface area contributed by atoms with E-state index in [1.54, 1.807) is 0 Å². The van der Waals surface area contributed by atoms with E-state index in [0.717, 1.165) is 27.9 Å². The zero-order chi connectivity index (χ0) is 27.6. The van der Waals surface area contributed by atoms with Gasteiger partial charge in [-0.05, 0) is 79.6 Å². The second kappa shape index (κ2) is 17.7. The van der Waals surface area contributed by atoms with Crippen molar-refractivity contribution in [2.75, 3.05) is 0 Å². The van der Waals surface area contributed by atoms with Crippen molar-refractivity contribution < 1.29 is 0 Å². The van der Waals surface area contributed by atoms with Gasteiger partial charge in [0.2, 0.25) is 0 Å². The van der Waals surface area contributed by atoms with Gasteiger partial charge in [0.1, 0.15) is 0 Å². The van der Waals surface area contributed by atoms with Crippen molar-refractivity contribution in [3.05, 3.63) is 136 Å². The van der Waals surface area contributed by atoms with E-state index >= 15 is 0 Å². The molecular formula is C35H38BrN. The van der Waals surface area contributed by atoms with Gasteiger partial charge in [-0.2, -0.15) is 0 Å². The Morgan fingerprint density at radius 2 is 1.24 bits per heavy atom. The Kier molecular flexibility index (Phi) is 15.0. The number of hydrogen-bond donors (Lipinski definition) is 0. The van der Waals surface area contributed by atoms with Crippen molar-refractivity contribution in [2.45, 2.75) is 41.0 Å². The Labute approximate surface area is 233 Å². The Morgan fingerprint density at radius 3 is 1.76 bits per heavy atom. The van der Waals surface area contributed by atoms with Gasteiger partial charge in [-0.25, -0.2) is 0 Å². The van der Waals surface area contributed by atoms with Crippen LogP contribution in [-0.4, -0.2) is 5.71 Å². The first-order valence-electron chi connectivity index (χ1n) is 12.3. The Balaban J connectivity index is 0.000000280. The van der Waals surface area contributed by atoms with Crippen LogP contribution >= 0.6 is 15.9 Å². The first kappa shape index (κ1) is 31.4. The molecule has 4 aromatic carbocycles. The summed E-state index contributed by atoms with van der Waals surface area (Å²) in [6.07, 6.45) is 9.14. The molecule has 190 valence electrons. The van der Waals surface area contributed by atoms with Crippen molar-refractivity contribution in [3.8, 4) is 24.0 Å². The third kappa shape index (κ3) is 11.7. The minimum Gasteiger partial charge on any atom is -0.258 e. The molecule has 0 heterocycles. The summed E-state index contributed by atoms with van der Waals surface area (Å²) in [5.41, 5.74) is 9.61. The summed E-state index contributed by atoms with van der Waals surface area (Å²) >= 11 is 3.52. The number of aliphatic imine (C=N–C) groups is 1. The minimum atomic E-state index is 0.829. The number of benzene rings is 4. The maximum atomic E-state index is 4.27. The molecule has 0 fully saturated rings. The maximum Gasteiger partial charge on any atom is 0.0629 e. The lowest BCUT2D eigenvalue weighted by molar-refractivity contribution is 1.14. The third-order valence-corrected chi connectivity index (χ3v) is 5.84. The van der Waals surface area contributed by atoms with Crippen molar-refractivity contribution in [2.24, 2.45) is 4.99 Å². The molecule has 0 aromatic heterocycles. The highest BCUT2D eigenvalue weighted by atomic mass is 79.9. The summed E-state index contributed by atoms with van der Waals surface area (Å²) in [5, 5.41) is 0. The summed E-state index contributed by atoms with van der Waals surface area (Å²) in [6.45, 7) is 14.3. The van der Waals surface area contributed by atoms with Gasteiger partial charge in [-0.15, -0.1) is 12.8 Å². The van der Waals surface area contributed by atoms with Gasteiger partial charge < -0.3 is 0 Å². The van der Waals surface area contributed by atoms with Crippen LogP contribution in [0.3, 0.4) is 0 Å². The predicted octanol–water partition coefficient (Wildman–Crippen LogP) is 10.4. The molecule has 0 aliphatic carbocycles. The molecule has 0 spiro atoms. The largest absolute Gasteiger partial charge is 0.258 e. The normalized spacial score (nSPS) is 9.19. The fraction of sp³-hybridized carbons (Fsp3) is 0.171. The first-order valence-corrected chi connectivity index (χ1v) is 13.1. The van der Waals surface area contributed by atoms with Gasteiger partial charge in [0, 0.05) is 10.2 Å². The lowest BCUT2D eigenvalue weighted by atomic mass is 9.97. The second-order valence-electron chi connectivity index (χ2n) is 8.49. The molecule has 37 heavy (non-hydrogen) atoms. The molecule has 4 rings (SSSR count). The molecule has 0 unspecified atom stereocenters. The summed E-state index contributed by atoms with van der Waals surface area (Å²) in [5.74, 6) is 0. The summed E-state index contributed by atoms with van der Waals surface area (Å²) < 4.78 is 1.13. The number of halogens is 1. The minimum absolute atomic E-state index is 0.829. The molecule has 0 N–H and O–H groups in total. The molecule has 0 bridgehead atoms. The van der Waals surface area contributed by atoms with Gasteiger partial charge in [0.25, 0.3) is 0 Å². The Hall–Kier alpha value is -3.67. The van der Waals surface area contributed by atoms with Crippen LogP contribution in [0, 0.1) is 26.7 Å². The van der Waals surface area contributed by atoms with Gasteiger partial charge in [-0.1, -0.05) is 120 Å². The van der Waals surface area contributed by atoms with Gasteiger partial charge in [-0.3, -0.25) is 4.99 Å². The van der Waals surface area contributed by atoms with Crippen LogP contribution in [0.15, 0.2) is 119 Å². The standard InChI is InChI=1S/C14H13Br.C11H13N.C8H10.C2H2/c1-10-5-3-4-6-13(10)14-9-12(15)8-7-11(14)2;1-9(2)12-10(3)11-7-5-4-6-8-11;1-2-8-6-4-3-5-7-8;1-2/h3-9H,1-2H3;4-8H,3H2,1-2H3;3-7H,2H2,1H3;1-2H. The Bertz CT molecular complexity index is 1260. The van der Waals surface area contributed by atoms with E-state index < -0.39 is 0 Å². The van der Waals surface area contributed by atoms with Gasteiger partial charge in [0.15, 0.2) is 0 Å². The van der Waals surface area contributed by atoms with Crippen molar-refractivity contribution in [3.63, 3.8) is 0 Å². The van der Waals surface area contributed by atoms with E-state index in [0.29, 0.717) is 0 Å². The average molecular weight is 553 g/mol. The zero-order valence-electron chi connectivity index (χ0n) is 22.7. The van der Waals surface area contributed by atoms with E-state index in [9.17, 15) is 0 Å². The fourth-order valence-corrected chi connectivity index (χ4v) is 3.80. The van der Waals surface area contributed by atoms with Crippen molar-refractivity contribution in [1.82, 2.24) is 0 Å². The average Bonchev–Trinajstić information content (AvgIpc) is 2.93. The molecule has 0 aliphatic rings. The lowest BCUT2D eigenvalue weighted by Crippen LogP contribution is -1.86. The second-order valence-corrected chi connectivity index (χ2v) is 9.40. The van der Waals surface area contributed by atoms with Gasteiger partial charge in [0.05, 0.1) is 5.70 Å². The van der Waals surface area contributed by atoms with E-state index in [4.69, 9.17) is 0 Å². The molecule has 0 atom stereocenters. The van der Waals surface area contributed by atoms with Crippen LogP contribution in [-0.2, 0) is 6.42 Å². The van der Waals surface area contributed by atoms with Crippen LogP contribution in [0.5, 0.6) is 0 Å². The summed E-state index contributed by atoms with van der Waals surface area (Å²) in [6, 6.07) is 35.3. The van der Waals surface area contributed by atoms with Crippen LogP contribution in [0.1, 0.15) is 43.0 Å². The monoisotopic (exact) mass is 551 g/mol. The lowest BCUT2D eigenvalue weighted by Gasteiger charge is -2.09. The summed E-state index contributed by atoms with van der Waals surface area (Å²) in [7, 11) is 0. The Morgan fingerprint density at radius 1 is 0.730 bits per heavy atom. The number of aryl methyl sites for hydroxylation is 3. The van der Waals surface area contributed by atoms with Crippen LogP contribution in [0.2, 0.25) is 0 Å². The fourth-order valence-electron chi connectivity index (χ4n) is 3.44. The quantitative estimate of drug-likeness (QED) is 0.176. The molecule has 1 nitrogen and oxygen atoms in total. The van der Waals surface area contributed by atoms with Crippen LogP contribution < -0.4 is 0 Å². The van der Waals surface area contributed by atoms with E-state index in [-0.39, 0.29) is 0 Å². The zero-order valence-corrected chi connectivity index (χ0v) is 24.3. The molecule has 0 amide bonds. The highest BCUT2D eigenvalue weighted by Gasteiger charge is 2.04. The SMILES string of the molecule is C#C.C=C(N=C(C)C)c1ccccc1.CCc1ccccc1.Cc1ccccc1-c1cc(Br)ccc1C. The molecular weight excluding hydrogens is 514 g/mol.